The Kier molecular flexibility index (Phi) is 5.01. The Morgan fingerprint density at radius 1 is 0.815 bits per heavy atom. The van der Waals surface area contributed by atoms with E-state index in [0.29, 0.717) is 12.2 Å². The number of aromatic nitrogens is 1. The van der Waals surface area contributed by atoms with Crippen LogP contribution in [0.15, 0.2) is 91.1 Å². The zero-order valence-electron chi connectivity index (χ0n) is 15.0. The quantitative estimate of drug-likeness (QED) is 0.331. The highest BCUT2D eigenvalue weighted by Crippen LogP contribution is 2.24. The van der Waals surface area contributed by atoms with E-state index < -0.39 is 0 Å². The summed E-state index contributed by atoms with van der Waals surface area (Å²) in [6.45, 7) is 1.44. The smallest absolute Gasteiger partial charge is 0.195 e. The molecular weight excluding hydrogens is 334 g/mol. The molecule has 0 aliphatic carbocycles. The van der Waals surface area contributed by atoms with Crippen molar-refractivity contribution in [2.24, 2.45) is 0 Å². The van der Waals surface area contributed by atoms with Gasteiger partial charge in [0.1, 0.15) is 5.75 Å². The second-order valence-electron chi connectivity index (χ2n) is 6.46. The summed E-state index contributed by atoms with van der Waals surface area (Å²) >= 11 is 0. The van der Waals surface area contributed by atoms with E-state index >= 15 is 0 Å². The van der Waals surface area contributed by atoms with Gasteiger partial charge >= 0.3 is 0 Å². The number of ether oxygens (including phenoxy) is 1. The van der Waals surface area contributed by atoms with Crippen LogP contribution in [0.5, 0.6) is 5.75 Å². The van der Waals surface area contributed by atoms with Crippen molar-refractivity contribution < 1.29 is 9.53 Å². The Bertz CT molecular complexity index is 1040. The van der Waals surface area contributed by atoms with Crippen molar-refractivity contribution in [2.75, 3.05) is 6.61 Å². The lowest BCUT2D eigenvalue weighted by molar-refractivity contribution is 0.104. The van der Waals surface area contributed by atoms with Crippen LogP contribution >= 0.6 is 0 Å². The van der Waals surface area contributed by atoms with Crippen LogP contribution in [0.25, 0.3) is 10.9 Å². The summed E-state index contributed by atoms with van der Waals surface area (Å²) < 4.78 is 7.94. The lowest BCUT2D eigenvalue weighted by Gasteiger charge is -2.07. The standard InChI is InChI=1S/C24H21NO2/c26-24(19-10-3-1-4-11-19)22-18-25(23-15-8-7-14-21(22)23)16-9-17-27-20-12-5-2-6-13-20/h1-8,10-15,18H,9,16-17H2. The molecule has 134 valence electrons. The molecule has 0 N–H and O–H groups in total. The number of hydrogen-bond donors (Lipinski definition) is 0. The van der Waals surface area contributed by atoms with Crippen LogP contribution in [0.3, 0.4) is 0 Å². The largest absolute Gasteiger partial charge is 0.494 e. The van der Waals surface area contributed by atoms with E-state index in [4.69, 9.17) is 4.74 Å². The van der Waals surface area contributed by atoms with E-state index in [0.717, 1.165) is 35.2 Å². The van der Waals surface area contributed by atoms with Gasteiger partial charge in [-0.1, -0.05) is 66.7 Å². The highest BCUT2D eigenvalue weighted by Gasteiger charge is 2.16. The van der Waals surface area contributed by atoms with Crippen molar-refractivity contribution >= 4 is 16.7 Å². The third-order valence-electron chi connectivity index (χ3n) is 4.62. The Morgan fingerprint density at radius 3 is 2.26 bits per heavy atom. The molecule has 0 amide bonds. The molecule has 3 nitrogen and oxygen atoms in total. The van der Waals surface area contributed by atoms with Crippen molar-refractivity contribution in [1.82, 2.24) is 4.57 Å². The highest BCUT2D eigenvalue weighted by atomic mass is 16.5. The van der Waals surface area contributed by atoms with Crippen molar-refractivity contribution in [3.8, 4) is 5.75 Å². The summed E-state index contributed by atoms with van der Waals surface area (Å²) in [5.74, 6) is 0.945. The normalized spacial score (nSPS) is 10.8. The number of carbonyl (C=O) groups excluding carboxylic acids is 1. The molecule has 0 aliphatic heterocycles. The van der Waals surface area contributed by atoms with Gasteiger partial charge in [-0.05, 0) is 24.6 Å². The van der Waals surface area contributed by atoms with Gasteiger partial charge in [-0.3, -0.25) is 4.79 Å². The van der Waals surface area contributed by atoms with E-state index in [1.54, 1.807) is 0 Å². The Morgan fingerprint density at radius 2 is 1.48 bits per heavy atom. The van der Waals surface area contributed by atoms with Crippen molar-refractivity contribution in [3.05, 3.63) is 102 Å². The maximum Gasteiger partial charge on any atom is 0.195 e. The van der Waals surface area contributed by atoms with Gasteiger partial charge in [0.2, 0.25) is 0 Å². The van der Waals surface area contributed by atoms with Gasteiger partial charge in [-0.25, -0.2) is 0 Å². The number of ketones is 1. The molecule has 4 aromatic rings. The van der Waals surface area contributed by atoms with E-state index in [1.807, 2.05) is 85.1 Å². The minimum absolute atomic E-state index is 0.0612. The van der Waals surface area contributed by atoms with E-state index in [9.17, 15) is 4.79 Å². The van der Waals surface area contributed by atoms with Gasteiger partial charge in [0.05, 0.1) is 6.61 Å². The predicted octanol–water partition coefficient (Wildman–Crippen LogP) is 5.34. The second-order valence-corrected chi connectivity index (χ2v) is 6.46. The number of rotatable bonds is 7. The molecule has 27 heavy (non-hydrogen) atoms. The summed E-state index contributed by atoms with van der Waals surface area (Å²) in [4.78, 5) is 13.0. The van der Waals surface area contributed by atoms with E-state index in [-0.39, 0.29) is 5.78 Å². The lowest BCUT2D eigenvalue weighted by Crippen LogP contribution is -2.04. The molecule has 0 saturated heterocycles. The molecule has 0 radical (unpaired) electrons. The predicted molar refractivity (Wildman–Crippen MR) is 108 cm³/mol. The molecule has 0 aliphatic rings. The van der Waals surface area contributed by atoms with Crippen molar-refractivity contribution in [3.63, 3.8) is 0 Å². The number of carbonyl (C=O) groups is 1. The number of para-hydroxylation sites is 2. The summed E-state index contributed by atoms with van der Waals surface area (Å²) in [6, 6.07) is 27.3. The molecule has 0 unspecified atom stereocenters. The summed E-state index contributed by atoms with van der Waals surface area (Å²) in [5, 5.41) is 0.996. The topological polar surface area (TPSA) is 31.2 Å². The fourth-order valence-corrected chi connectivity index (χ4v) is 3.30. The summed E-state index contributed by atoms with van der Waals surface area (Å²) in [7, 11) is 0. The lowest BCUT2D eigenvalue weighted by atomic mass is 10.0. The highest BCUT2D eigenvalue weighted by molar-refractivity contribution is 6.16. The molecule has 0 saturated carbocycles. The van der Waals surface area contributed by atoms with Crippen LogP contribution in [0.2, 0.25) is 0 Å². The van der Waals surface area contributed by atoms with Crippen LogP contribution in [-0.4, -0.2) is 17.0 Å². The zero-order valence-corrected chi connectivity index (χ0v) is 15.0. The van der Waals surface area contributed by atoms with Crippen LogP contribution in [0.4, 0.5) is 0 Å². The molecule has 0 spiro atoms. The molecule has 3 aromatic carbocycles. The van der Waals surface area contributed by atoms with Gasteiger partial charge in [0.25, 0.3) is 0 Å². The molecule has 0 atom stereocenters. The van der Waals surface area contributed by atoms with E-state index in [1.165, 1.54) is 0 Å². The first-order valence-electron chi connectivity index (χ1n) is 9.18. The molecule has 1 heterocycles. The van der Waals surface area contributed by atoms with Gasteiger partial charge in [0, 0.05) is 34.8 Å². The average Bonchev–Trinajstić information content (AvgIpc) is 3.11. The summed E-state index contributed by atoms with van der Waals surface area (Å²) in [5.41, 5.74) is 2.55. The van der Waals surface area contributed by atoms with Crippen LogP contribution in [-0.2, 0) is 6.54 Å². The monoisotopic (exact) mass is 355 g/mol. The van der Waals surface area contributed by atoms with Crippen LogP contribution < -0.4 is 4.74 Å². The van der Waals surface area contributed by atoms with Crippen molar-refractivity contribution in [1.29, 1.82) is 0 Å². The molecule has 0 bridgehead atoms. The number of aryl methyl sites for hydroxylation is 1. The Balaban J connectivity index is 1.52. The average molecular weight is 355 g/mol. The minimum Gasteiger partial charge on any atom is -0.494 e. The van der Waals surface area contributed by atoms with Gasteiger partial charge in [-0.2, -0.15) is 0 Å². The molecule has 4 rings (SSSR count). The molecule has 0 fully saturated rings. The third-order valence-corrected chi connectivity index (χ3v) is 4.62. The number of fused-ring (bicyclic) bond motifs is 1. The van der Waals surface area contributed by atoms with E-state index in [2.05, 4.69) is 10.6 Å². The maximum atomic E-state index is 13.0. The number of benzene rings is 3. The fourth-order valence-electron chi connectivity index (χ4n) is 3.30. The first-order valence-corrected chi connectivity index (χ1v) is 9.18. The van der Waals surface area contributed by atoms with Gasteiger partial charge < -0.3 is 9.30 Å². The SMILES string of the molecule is O=C(c1ccccc1)c1cn(CCCOc2ccccc2)c2ccccc12. The third kappa shape index (κ3) is 3.77. The minimum atomic E-state index is 0.0612. The van der Waals surface area contributed by atoms with Crippen molar-refractivity contribution in [2.45, 2.75) is 13.0 Å². The molecule has 1 aromatic heterocycles. The first-order chi connectivity index (χ1) is 13.3. The van der Waals surface area contributed by atoms with Crippen LogP contribution in [0.1, 0.15) is 22.3 Å². The zero-order chi connectivity index (χ0) is 18.5. The van der Waals surface area contributed by atoms with Gasteiger partial charge in [0.15, 0.2) is 5.78 Å². The molecular formula is C24H21NO2. The van der Waals surface area contributed by atoms with Crippen LogP contribution in [0, 0.1) is 0 Å². The number of hydrogen-bond acceptors (Lipinski definition) is 2. The number of nitrogens with zero attached hydrogens (tertiary/aromatic N) is 1. The molecule has 3 heteroatoms. The van der Waals surface area contributed by atoms with Gasteiger partial charge in [-0.15, -0.1) is 0 Å². The fraction of sp³-hybridized carbons (Fsp3) is 0.125. The Hall–Kier alpha value is -3.33. The summed E-state index contributed by atoms with van der Waals surface area (Å²) in [6.07, 6.45) is 2.84. The Labute approximate surface area is 158 Å². The second kappa shape index (κ2) is 7.92. The first kappa shape index (κ1) is 17.1. The maximum absolute atomic E-state index is 13.0.